The quantitative estimate of drug-likeness (QED) is 0.453. The number of ether oxygens (including phenoxy) is 1. The van der Waals surface area contributed by atoms with E-state index in [1.165, 1.54) is 0 Å². The summed E-state index contributed by atoms with van der Waals surface area (Å²) in [5.74, 6) is -0.701. The summed E-state index contributed by atoms with van der Waals surface area (Å²) in [7, 11) is 0. The summed E-state index contributed by atoms with van der Waals surface area (Å²) in [6.45, 7) is 2.10. The van der Waals surface area contributed by atoms with Crippen molar-refractivity contribution in [3.8, 4) is 17.3 Å². The van der Waals surface area contributed by atoms with Gasteiger partial charge in [-0.15, -0.1) is 11.3 Å². The summed E-state index contributed by atoms with van der Waals surface area (Å²) >= 11 is 0.956. The first-order chi connectivity index (χ1) is 16.6. The Morgan fingerprint density at radius 1 is 1.24 bits per heavy atom. The number of nitriles is 1. The monoisotopic (exact) mass is 477 g/mol. The van der Waals surface area contributed by atoms with Gasteiger partial charge in [-0.3, -0.25) is 4.98 Å². The van der Waals surface area contributed by atoms with Crippen LogP contribution in [0.1, 0.15) is 23.1 Å². The van der Waals surface area contributed by atoms with Crippen molar-refractivity contribution in [1.82, 2.24) is 20.3 Å². The Morgan fingerprint density at radius 3 is 2.85 bits per heavy atom. The highest BCUT2D eigenvalue weighted by Crippen LogP contribution is 2.45. The molecule has 0 unspecified atom stereocenters. The Bertz CT molecular complexity index is 1580. The summed E-state index contributed by atoms with van der Waals surface area (Å²) in [4.78, 5) is 15.6. The molecule has 3 aliphatic heterocycles. The third-order valence-corrected chi connectivity index (χ3v) is 8.15. The maximum atomic E-state index is 16.3. The van der Waals surface area contributed by atoms with Gasteiger partial charge in [0, 0.05) is 41.7 Å². The summed E-state index contributed by atoms with van der Waals surface area (Å²) < 4.78 is 36.7. The van der Waals surface area contributed by atoms with E-state index < -0.39 is 11.6 Å². The van der Waals surface area contributed by atoms with Gasteiger partial charge >= 0.3 is 0 Å². The summed E-state index contributed by atoms with van der Waals surface area (Å²) in [6, 6.07) is 2.75. The Hall–Kier alpha value is -3.46. The van der Waals surface area contributed by atoms with Crippen molar-refractivity contribution >= 4 is 43.3 Å². The number of nitrogens with two attached hydrogens (primary N) is 1. The molecule has 3 aromatic heterocycles. The molecule has 0 saturated carbocycles. The molecular formula is C23H17F2N7OS. The number of thiophene rings is 1. The minimum atomic E-state index is -0.603. The van der Waals surface area contributed by atoms with Gasteiger partial charge in [0.1, 0.15) is 16.6 Å². The molecule has 11 heteroatoms. The van der Waals surface area contributed by atoms with E-state index in [2.05, 4.69) is 25.2 Å². The minimum Gasteiger partial charge on any atom is -0.389 e. The number of nitrogens with one attached hydrogen (secondary N) is 1. The van der Waals surface area contributed by atoms with Crippen molar-refractivity contribution in [3.63, 3.8) is 0 Å². The maximum Gasteiger partial charge on any atom is 0.226 e. The first-order valence-electron chi connectivity index (χ1n) is 10.9. The van der Waals surface area contributed by atoms with E-state index in [4.69, 9.17) is 10.5 Å². The van der Waals surface area contributed by atoms with Crippen LogP contribution in [0.15, 0.2) is 12.4 Å². The molecule has 0 radical (unpaired) electrons. The lowest BCUT2D eigenvalue weighted by molar-refractivity contribution is 0.135. The van der Waals surface area contributed by atoms with E-state index in [0.29, 0.717) is 29.0 Å². The van der Waals surface area contributed by atoms with E-state index in [-0.39, 0.29) is 50.6 Å². The molecule has 4 aromatic rings. The number of hydrogen-bond donors (Lipinski definition) is 2. The van der Waals surface area contributed by atoms with Crippen LogP contribution in [0.5, 0.6) is 0 Å². The van der Waals surface area contributed by atoms with Crippen LogP contribution >= 0.6 is 11.3 Å². The van der Waals surface area contributed by atoms with Gasteiger partial charge in [0.15, 0.2) is 11.6 Å². The lowest BCUT2D eigenvalue weighted by Crippen LogP contribution is -2.59. The summed E-state index contributed by atoms with van der Waals surface area (Å²) in [5.41, 5.74) is 7.99. The number of anilines is 2. The molecule has 6 heterocycles. The molecule has 8 nitrogen and oxygen atoms in total. The molecule has 7 rings (SSSR count). The van der Waals surface area contributed by atoms with Crippen LogP contribution in [-0.4, -0.2) is 40.1 Å². The minimum absolute atomic E-state index is 0.0955. The van der Waals surface area contributed by atoms with Gasteiger partial charge in [0.05, 0.1) is 41.4 Å². The third-order valence-electron chi connectivity index (χ3n) is 7.12. The number of nitrogen functional groups attached to an aromatic ring is 1. The number of hydrogen-bond acceptors (Lipinski definition) is 9. The number of nitrogens with zero attached hydrogens (tertiary/aromatic N) is 5. The Labute approximate surface area is 196 Å². The van der Waals surface area contributed by atoms with Crippen molar-refractivity contribution < 1.29 is 13.5 Å². The van der Waals surface area contributed by atoms with Crippen molar-refractivity contribution in [3.05, 3.63) is 40.7 Å². The molecular weight excluding hydrogens is 460 g/mol. The largest absolute Gasteiger partial charge is 0.389 e. The number of aromatic nitrogens is 3. The van der Waals surface area contributed by atoms with Gasteiger partial charge in [-0.05, 0) is 17.5 Å². The van der Waals surface area contributed by atoms with Crippen LogP contribution in [0.2, 0.25) is 0 Å². The highest BCUT2D eigenvalue weighted by Gasteiger charge is 2.42. The second kappa shape index (κ2) is 7.02. The van der Waals surface area contributed by atoms with Crippen LogP contribution < -0.4 is 16.0 Å². The topological polar surface area (TPSA) is 113 Å². The first kappa shape index (κ1) is 20.0. The zero-order valence-electron chi connectivity index (χ0n) is 17.7. The molecule has 34 heavy (non-hydrogen) atoms. The van der Waals surface area contributed by atoms with Crippen molar-refractivity contribution in [2.45, 2.75) is 31.7 Å². The molecule has 2 saturated heterocycles. The fourth-order valence-corrected chi connectivity index (χ4v) is 6.30. The van der Waals surface area contributed by atoms with E-state index in [0.717, 1.165) is 42.6 Å². The Kier molecular flexibility index (Phi) is 4.12. The average Bonchev–Trinajstić information content (AvgIpc) is 3.50. The second-order valence-corrected chi connectivity index (χ2v) is 9.80. The van der Waals surface area contributed by atoms with Gasteiger partial charge in [-0.2, -0.15) is 5.26 Å². The van der Waals surface area contributed by atoms with Crippen LogP contribution in [0, 0.1) is 23.0 Å². The molecule has 0 amide bonds. The van der Waals surface area contributed by atoms with E-state index in [1.807, 2.05) is 6.07 Å². The second-order valence-electron chi connectivity index (χ2n) is 8.75. The van der Waals surface area contributed by atoms with Gasteiger partial charge in [-0.25, -0.2) is 18.7 Å². The number of halogens is 2. The predicted molar refractivity (Wildman–Crippen MR) is 123 cm³/mol. The lowest BCUT2D eigenvalue weighted by Gasteiger charge is -2.37. The van der Waals surface area contributed by atoms with Gasteiger partial charge in [0.25, 0.3) is 0 Å². The maximum absolute atomic E-state index is 16.3. The predicted octanol–water partition coefficient (Wildman–Crippen LogP) is 3.22. The number of benzene rings is 1. The van der Waals surface area contributed by atoms with Gasteiger partial charge in [-0.1, -0.05) is 0 Å². The normalized spacial score (nSPS) is 21.0. The summed E-state index contributed by atoms with van der Waals surface area (Å²) in [5, 5.41) is 14.1. The highest BCUT2D eigenvalue weighted by atomic mass is 32.1. The highest BCUT2D eigenvalue weighted by molar-refractivity contribution is 7.23. The van der Waals surface area contributed by atoms with E-state index in [9.17, 15) is 9.65 Å². The molecule has 0 aliphatic carbocycles. The standard InChI is InChI=1S/C23H17F2N7OS/c24-13-5-29-20(17-9(3-26)22(27)34-21(13)17)16-12-8-33-7-11(12)10-4-30-23(31-19(10)18(16)25)32-2-1-14-15(32)6-28-14/h4-5,14-15,28H,1-2,6-8,27H2/t14-,15-/m0/s1. The van der Waals surface area contributed by atoms with Crippen molar-refractivity contribution in [2.75, 3.05) is 23.7 Å². The third kappa shape index (κ3) is 2.53. The molecule has 3 aliphatic rings. The number of pyridine rings is 1. The van der Waals surface area contributed by atoms with Crippen LogP contribution in [-0.2, 0) is 18.0 Å². The number of rotatable bonds is 2. The van der Waals surface area contributed by atoms with Gasteiger partial charge in [0.2, 0.25) is 5.95 Å². The number of fused-ring (bicyclic) bond motifs is 5. The molecule has 1 aromatic carbocycles. The molecule has 0 spiro atoms. The zero-order valence-corrected chi connectivity index (χ0v) is 18.5. The van der Waals surface area contributed by atoms with Crippen molar-refractivity contribution in [1.29, 1.82) is 5.26 Å². The SMILES string of the molecule is N#Cc1c(N)sc2c(F)cnc(-c3c4c(c5cnc(N6CC[C@@H]7NC[C@@H]76)nc5c3F)COC4)c12. The lowest BCUT2D eigenvalue weighted by atomic mass is 9.94. The average molecular weight is 478 g/mol. The van der Waals surface area contributed by atoms with Gasteiger partial charge < -0.3 is 20.7 Å². The Balaban J connectivity index is 1.52. The Morgan fingerprint density at radius 2 is 2.09 bits per heavy atom. The van der Waals surface area contributed by atoms with Crippen LogP contribution in [0.3, 0.4) is 0 Å². The fraction of sp³-hybridized carbons (Fsp3) is 0.304. The van der Waals surface area contributed by atoms with Crippen LogP contribution in [0.25, 0.3) is 32.2 Å². The summed E-state index contributed by atoms with van der Waals surface area (Å²) in [6.07, 6.45) is 3.69. The van der Waals surface area contributed by atoms with Crippen molar-refractivity contribution in [2.24, 2.45) is 0 Å². The molecule has 2 atom stereocenters. The first-order valence-corrected chi connectivity index (χ1v) is 11.7. The molecule has 3 N–H and O–H groups in total. The molecule has 2 fully saturated rings. The molecule has 170 valence electrons. The van der Waals surface area contributed by atoms with E-state index >= 15 is 4.39 Å². The van der Waals surface area contributed by atoms with Crippen LogP contribution in [0.4, 0.5) is 19.7 Å². The van der Waals surface area contributed by atoms with E-state index in [1.54, 1.807) is 6.20 Å². The molecule has 0 bridgehead atoms. The smallest absolute Gasteiger partial charge is 0.226 e. The zero-order chi connectivity index (χ0) is 23.1. The fourth-order valence-electron chi connectivity index (χ4n) is 5.38.